The number of aliphatic imine (C=N–C) groups is 1. The number of nitrogens with zero attached hydrogens (tertiary/aromatic N) is 1. The zero-order chi connectivity index (χ0) is 10.6. The summed E-state index contributed by atoms with van der Waals surface area (Å²) in [7, 11) is 0. The van der Waals surface area contributed by atoms with Crippen LogP contribution in [-0.2, 0) is 9.53 Å². The third-order valence-electron chi connectivity index (χ3n) is 2.01. The normalized spacial score (nSPS) is 18.9. The van der Waals surface area contributed by atoms with Crippen molar-refractivity contribution in [2.75, 3.05) is 19.8 Å². The second-order valence-corrected chi connectivity index (χ2v) is 3.23. The van der Waals surface area contributed by atoms with Gasteiger partial charge < -0.3 is 20.1 Å². The Morgan fingerprint density at radius 2 is 2.14 bits per heavy atom. The number of aliphatic hydroxyl groups is 2. The van der Waals surface area contributed by atoms with Gasteiger partial charge in [-0.05, 0) is 0 Å². The number of aliphatic hydroxyl groups excluding tert-OH is 2. The van der Waals surface area contributed by atoms with E-state index in [-0.39, 0.29) is 38.6 Å². The zero-order valence-corrected chi connectivity index (χ0v) is 7.64. The maximum Gasteiger partial charge on any atom is 0.303 e. The molecule has 0 aliphatic carbocycles. The van der Waals surface area contributed by atoms with Crippen molar-refractivity contribution in [2.24, 2.45) is 4.99 Å². The lowest BCUT2D eigenvalue weighted by Crippen LogP contribution is -2.37. The molecule has 1 aliphatic rings. The molecule has 14 heavy (non-hydrogen) atoms. The van der Waals surface area contributed by atoms with E-state index in [4.69, 9.17) is 20.1 Å². The van der Waals surface area contributed by atoms with Gasteiger partial charge in [-0.3, -0.25) is 4.79 Å². The van der Waals surface area contributed by atoms with Crippen LogP contribution < -0.4 is 0 Å². The van der Waals surface area contributed by atoms with Crippen molar-refractivity contribution in [3.63, 3.8) is 0 Å². The van der Waals surface area contributed by atoms with E-state index in [0.29, 0.717) is 0 Å². The summed E-state index contributed by atoms with van der Waals surface area (Å²) >= 11 is 0. The number of carbonyl (C=O) groups is 1. The van der Waals surface area contributed by atoms with Crippen LogP contribution in [0.1, 0.15) is 12.8 Å². The monoisotopic (exact) mass is 203 g/mol. The molecule has 0 aromatic rings. The summed E-state index contributed by atoms with van der Waals surface area (Å²) in [6, 6.07) is 0. The Balaban J connectivity index is 2.52. The fourth-order valence-corrected chi connectivity index (χ4v) is 1.10. The maximum absolute atomic E-state index is 10.2. The summed E-state index contributed by atoms with van der Waals surface area (Å²) in [4.78, 5) is 14.2. The third-order valence-corrected chi connectivity index (χ3v) is 2.01. The molecule has 80 valence electrons. The molecule has 0 aromatic heterocycles. The summed E-state index contributed by atoms with van der Waals surface area (Å²) in [6.45, 7) is -0.505. The fourth-order valence-electron chi connectivity index (χ4n) is 1.10. The fraction of sp³-hybridized carbons (Fsp3) is 0.750. The van der Waals surface area contributed by atoms with Crippen molar-refractivity contribution in [3.05, 3.63) is 0 Å². The van der Waals surface area contributed by atoms with E-state index in [1.165, 1.54) is 0 Å². The van der Waals surface area contributed by atoms with Crippen LogP contribution >= 0.6 is 0 Å². The Morgan fingerprint density at radius 3 is 2.57 bits per heavy atom. The van der Waals surface area contributed by atoms with Crippen LogP contribution in [0.5, 0.6) is 0 Å². The van der Waals surface area contributed by atoms with Crippen LogP contribution in [0.3, 0.4) is 0 Å². The van der Waals surface area contributed by atoms with Gasteiger partial charge in [-0.15, -0.1) is 0 Å². The first kappa shape index (κ1) is 10.9. The van der Waals surface area contributed by atoms with Crippen LogP contribution in [0, 0.1) is 0 Å². The van der Waals surface area contributed by atoms with Crippen molar-refractivity contribution in [2.45, 2.75) is 18.4 Å². The van der Waals surface area contributed by atoms with Gasteiger partial charge in [0.2, 0.25) is 0 Å². The maximum atomic E-state index is 10.2. The lowest BCUT2D eigenvalue weighted by molar-refractivity contribution is -0.136. The van der Waals surface area contributed by atoms with E-state index in [2.05, 4.69) is 4.99 Å². The van der Waals surface area contributed by atoms with Gasteiger partial charge in [-0.25, -0.2) is 4.99 Å². The quantitative estimate of drug-likeness (QED) is 0.532. The minimum Gasteiger partial charge on any atom is -0.481 e. The molecule has 0 unspecified atom stereocenters. The highest BCUT2D eigenvalue weighted by molar-refractivity contribution is 5.82. The van der Waals surface area contributed by atoms with Crippen molar-refractivity contribution in [1.29, 1.82) is 0 Å². The van der Waals surface area contributed by atoms with Gasteiger partial charge in [0.05, 0.1) is 19.6 Å². The van der Waals surface area contributed by atoms with Gasteiger partial charge in [0.1, 0.15) is 12.1 Å². The lowest BCUT2D eigenvalue weighted by Gasteiger charge is -2.16. The van der Waals surface area contributed by atoms with E-state index in [1.54, 1.807) is 0 Å². The van der Waals surface area contributed by atoms with Crippen molar-refractivity contribution >= 4 is 11.9 Å². The molecule has 1 rings (SSSR count). The molecule has 0 amide bonds. The van der Waals surface area contributed by atoms with Gasteiger partial charge in [-0.2, -0.15) is 0 Å². The summed E-state index contributed by atoms with van der Waals surface area (Å²) in [6.07, 6.45) is 0.128. The number of carboxylic acids is 1. The molecule has 0 saturated carbocycles. The summed E-state index contributed by atoms with van der Waals surface area (Å²) in [5, 5.41) is 26.3. The van der Waals surface area contributed by atoms with E-state index in [1.807, 2.05) is 0 Å². The van der Waals surface area contributed by atoms with Crippen molar-refractivity contribution in [3.8, 4) is 0 Å². The van der Waals surface area contributed by atoms with Gasteiger partial charge >= 0.3 is 5.97 Å². The molecular formula is C8H13NO5. The topological polar surface area (TPSA) is 99.4 Å². The first-order valence-corrected chi connectivity index (χ1v) is 4.27. The molecule has 0 bridgehead atoms. The van der Waals surface area contributed by atoms with Crippen molar-refractivity contribution < 1.29 is 24.9 Å². The Hall–Kier alpha value is -1.14. The minimum atomic E-state index is -0.978. The van der Waals surface area contributed by atoms with Crippen LogP contribution in [0.15, 0.2) is 4.99 Å². The highest BCUT2D eigenvalue weighted by atomic mass is 16.5. The smallest absolute Gasteiger partial charge is 0.303 e. The molecule has 0 atom stereocenters. The largest absolute Gasteiger partial charge is 0.481 e. The summed E-state index contributed by atoms with van der Waals surface area (Å²) in [5.41, 5.74) is -0.978. The summed E-state index contributed by atoms with van der Waals surface area (Å²) in [5.74, 6) is -0.641. The first-order chi connectivity index (χ1) is 6.62. The number of ether oxygens (including phenoxy) is 1. The van der Waals surface area contributed by atoms with Gasteiger partial charge in [0, 0.05) is 6.42 Å². The Bertz CT molecular complexity index is 246. The number of rotatable bonds is 5. The van der Waals surface area contributed by atoms with Gasteiger partial charge in [0.25, 0.3) is 0 Å². The van der Waals surface area contributed by atoms with E-state index < -0.39 is 11.5 Å². The first-order valence-electron chi connectivity index (χ1n) is 4.27. The molecule has 6 nitrogen and oxygen atoms in total. The molecule has 3 N–H and O–H groups in total. The molecular weight excluding hydrogens is 190 g/mol. The SMILES string of the molecule is O=C(O)CCC1=NC(CO)(CO)CO1. The predicted octanol–water partition coefficient (Wildman–Crippen LogP) is -0.997. The van der Waals surface area contributed by atoms with Gasteiger partial charge in [-0.1, -0.05) is 0 Å². The zero-order valence-electron chi connectivity index (χ0n) is 7.64. The highest BCUT2D eigenvalue weighted by Crippen LogP contribution is 2.19. The molecule has 0 saturated heterocycles. The number of aliphatic carboxylic acids is 1. The van der Waals surface area contributed by atoms with E-state index in [0.717, 1.165) is 0 Å². The average Bonchev–Trinajstić information content (AvgIpc) is 2.59. The molecule has 1 heterocycles. The molecule has 0 spiro atoms. The predicted molar refractivity (Wildman–Crippen MR) is 47.2 cm³/mol. The standard InChI is InChI=1S/C8H13NO5/c10-3-8(4-11)5-14-6(9-8)1-2-7(12)13/h10-11H,1-5H2,(H,12,13). The molecule has 0 aromatic carbocycles. The van der Waals surface area contributed by atoms with Crippen LogP contribution in [0.25, 0.3) is 0 Å². The van der Waals surface area contributed by atoms with E-state index in [9.17, 15) is 4.79 Å². The van der Waals surface area contributed by atoms with Crippen LogP contribution in [0.4, 0.5) is 0 Å². The second kappa shape index (κ2) is 4.39. The van der Waals surface area contributed by atoms with Gasteiger partial charge in [0.15, 0.2) is 5.90 Å². The average molecular weight is 203 g/mol. The Labute approximate surface area is 80.8 Å². The second-order valence-electron chi connectivity index (χ2n) is 3.23. The highest BCUT2D eigenvalue weighted by Gasteiger charge is 2.35. The molecule has 6 heteroatoms. The number of hydrogen-bond donors (Lipinski definition) is 3. The van der Waals surface area contributed by atoms with E-state index >= 15 is 0 Å². The molecule has 0 fully saturated rings. The molecule has 1 aliphatic heterocycles. The Kier molecular flexibility index (Phi) is 3.43. The number of carboxylic acid groups (broad SMARTS) is 1. The lowest BCUT2D eigenvalue weighted by atomic mass is 10.1. The van der Waals surface area contributed by atoms with Crippen LogP contribution in [-0.4, -0.2) is 52.5 Å². The number of hydrogen-bond acceptors (Lipinski definition) is 5. The van der Waals surface area contributed by atoms with Crippen molar-refractivity contribution in [1.82, 2.24) is 0 Å². The third kappa shape index (κ3) is 2.43. The minimum absolute atomic E-state index is 0.0637. The Morgan fingerprint density at radius 1 is 1.50 bits per heavy atom. The van der Waals surface area contributed by atoms with Crippen LogP contribution in [0.2, 0.25) is 0 Å². The molecule has 0 radical (unpaired) electrons. The summed E-state index contributed by atoms with van der Waals surface area (Å²) < 4.78 is 5.07.